The van der Waals surface area contributed by atoms with E-state index in [1.54, 1.807) is 6.92 Å². The molecule has 1 saturated heterocycles. The van der Waals surface area contributed by atoms with Gasteiger partial charge in [0.05, 0.1) is 6.04 Å². The summed E-state index contributed by atoms with van der Waals surface area (Å²) in [5, 5.41) is 5.79. The van der Waals surface area contributed by atoms with Gasteiger partial charge in [-0.15, -0.1) is 0 Å². The van der Waals surface area contributed by atoms with E-state index in [9.17, 15) is 9.59 Å². The average Bonchev–Trinajstić information content (AvgIpc) is 2.17. The number of hydrogen-bond acceptors (Lipinski definition) is 3. The Morgan fingerprint density at radius 2 is 2.13 bits per heavy atom. The number of nitrogens with one attached hydrogen (secondary N) is 2. The summed E-state index contributed by atoms with van der Waals surface area (Å²) in [6, 6.07) is -0.425. The zero-order valence-electron chi connectivity index (χ0n) is 9.25. The van der Waals surface area contributed by atoms with Crippen LogP contribution in [0, 0.1) is 0 Å². The minimum Gasteiger partial charge on any atom is -0.368 e. The Kier molecular flexibility index (Phi) is 4.08. The zero-order valence-corrected chi connectivity index (χ0v) is 9.25. The summed E-state index contributed by atoms with van der Waals surface area (Å²) in [6.07, 6.45) is 2.95. The van der Waals surface area contributed by atoms with Gasteiger partial charge in [0, 0.05) is 6.04 Å². The molecule has 0 spiro atoms. The fraction of sp³-hybridized carbons (Fsp3) is 0.800. The largest absolute Gasteiger partial charge is 0.368 e. The number of amides is 2. The summed E-state index contributed by atoms with van der Waals surface area (Å²) in [5.41, 5.74) is 5.07. The van der Waals surface area contributed by atoms with Crippen molar-refractivity contribution in [3.63, 3.8) is 0 Å². The topological polar surface area (TPSA) is 84.2 Å². The van der Waals surface area contributed by atoms with Gasteiger partial charge < -0.3 is 16.4 Å². The van der Waals surface area contributed by atoms with Crippen molar-refractivity contribution in [1.29, 1.82) is 0 Å². The third-order valence-corrected chi connectivity index (χ3v) is 2.72. The fourth-order valence-corrected chi connectivity index (χ4v) is 1.73. The summed E-state index contributed by atoms with van der Waals surface area (Å²) < 4.78 is 0. The van der Waals surface area contributed by atoms with E-state index in [-0.39, 0.29) is 11.9 Å². The maximum atomic E-state index is 11.7. The van der Waals surface area contributed by atoms with E-state index in [0.29, 0.717) is 6.04 Å². The van der Waals surface area contributed by atoms with E-state index in [1.807, 2.05) is 0 Å². The summed E-state index contributed by atoms with van der Waals surface area (Å²) in [5.74, 6) is -0.639. The van der Waals surface area contributed by atoms with Crippen molar-refractivity contribution in [3.8, 4) is 0 Å². The standard InChI is InChI=1S/C10H19N3O2/c1-6-4-3-5-8(12-6)10(15)13-7(2)9(11)14/h6-8,12H,3-5H2,1-2H3,(H2,11,14)(H,13,15). The van der Waals surface area contributed by atoms with Gasteiger partial charge >= 0.3 is 0 Å². The van der Waals surface area contributed by atoms with Crippen LogP contribution in [0.25, 0.3) is 0 Å². The number of carbonyl (C=O) groups is 2. The van der Waals surface area contributed by atoms with Gasteiger partial charge in [-0.05, 0) is 33.1 Å². The first kappa shape index (κ1) is 12.0. The Hall–Kier alpha value is -1.10. The van der Waals surface area contributed by atoms with E-state index in [1.165, 1.54) is 0 Å². The number of rotatable bonds is 3. The van der Waals surface area contributed by atoms with Crippen molar-refractivity contribution in [1.82, 2.24) is 10.6 Å². The third kappa shape index (κ3) is 3.51. The first-order valence-electron chi connectivity index (χ1n) is 5.36. The van der Waals surface area contributed by atoms with Crippen LogP contribution in [-0.4, -0.2) is 29.9 Å². The van der Waals surface area contributed by atoms with Gasteiger partial charge in [0.15, 0.2) is 0 Å². The molecule has 15 heavy (non-hydrogen) atoms. The highest BCUT2D eigenvalue weighted by Gasteiger charge is 2.25. The lowest BCUT2D eigenvalue weighted by Crippen LogP contribution is -2.53. The molecule has 4 N–H and O–H groups in total. The first-order chi connectivity index (χ1) is 7.00. The Labute approximate surface area is 89.8 Å². The summed E-state index contributed by atoms with van der Waals surface area (Å²) in [7, 11) is 0. The predicted molar refractivity (Wildman–Crippen MR) is 57.0 cm³/mol. The van der Waals surface area contributed by atoms with E-state index in [0.717, 1.165) is 19.3 Å². The van der Waals surface area contributed by atoms with Gasteiger partial charge in [0.1, 0.15) is 6.04 Å². The van der Waals surface area contributed by atoms with Crippen LogP contribution in [0.3, 0.4) is 0 Å². The molecule has 0 radical (unpaired) electrons. The number of piperidine rings is 1. The van der Waals surface area contributed by atoms with Crippen LogP contribution in [-0.2, 0) is 9.59 Å². The lowest BCUT2D eigenvalue weighted by Gasteiger charge is -2.28. The summed E-state index contributed by atoms with van der Waals surface area (Å²) >= 11 is 0. The van der Waals surface area contributed by atoms with Crippen molar-refractivity contribution < 1.29 is 9.59 Å². The number of primary amides is 1. The molecule has 0 aromatic heterocycles. The molecule has 86 valence electrons. The van der Waals surface area contributed by atoms with E-state index < -0.39 is 11.9 Å². The normalized spacial score (nSPS) is 28.1. The predicted octanol–water partition coefficient (Wildman–Crippen LogP) is -0.493. The molecular weight excluding hydrogens is 194 g/mol. The molecule has 0 aromatic rings. The average molecular weight is 213 g/mol. The molecule has 1 fully saturated rings. The van der Waals surface area contributed by atoms with Gasteiger partial charge in [-0.3, -0.25) is 9.59 Å². The molecule has 5 heteroatoms. The molecule has 0 aliphatic carbocycles. The fourth-order valence-electron chi connectivity index (χ4n) is 1.73. The number of hydrogen-bond donors (Lipinski definition) is 3. The van der Waals surface area contributed by atoms with Crippen molar-refractivity contribution in [2.75, 3.05) is 0 Å². The molecule has 1 aliphatic rings. The van der Waals surface area contributed by atoms with Crippen molar-refractivity contribution in [2.24, 2.45) is 5.73 Å². The molecule has 1 rings (SSSR count). The Morgan fingerprint density at radius 1 is 1.47 bits per heavy atom. The molecule has 1 heterocycles. The van der Waals surface area contributed by atoms with Gasteiger partial charge in [-0.2, -0.15) is 0 Å². The molecular formula is C10H19N3O2. The summed E-state index contributed by atoms with van der Waals surface area (Å²) in [6.45, 7) is 3.64. The second kappa shape index (κ2) is 5.11. The highest BCUT2D eigenvalue weighted by Crippen LogP contribution is 2.12. The minimum absolute atomic E-state index is 0.132. The van der Waals surface area contributed by atoms with E-state index in [4.69, 9.17) is 5.73 Å². The van der Waals surface area contributed by atoms with Gasteiger partial charge in [-0.25, -0.2) is 0 Å². The first-order valence-corrected chi connectivity index (χ1v) is 5.36. The minimum atomic E-state index is -0.600. The van der Waals surface area contributed by atoms with Gasteiger partial charge in [0.2, 0.25) is 11.8 Å². The maximum Gasteiger partial charge on any atom is 0.239 e. The molecule has 0 aromatic carbocycles. The van der Waals surface area contributed by atoms with Crippen LogP contribution in [0.2, 0.25) is 0 Å². The van der Waals surface area contributed by atoms with Crippen LogP contribution in [0.5, 0.6) is 0 Å². The highest BCUT2D eigenvalue weighted by molar-refractivity contribution is 5.88. The second-order valence-electron chi connectivity index (χ2n) is 4.18. The van der Waals surface area contributed by atoms with Crippen LogP contribution in [0.1, 0.15) is 33.1 Å². The molecule has 3 unspecified atom stereocenters. The Balaban J connectivity index is 2.42. The molecule has 2 amide bonds. The zero-order chi connectivity index (χ0) is 11.4. The molecule has 0 saturated carbocycles. The van der Waals surface area contributed by atoms with Gasteiger partial charge in [0.25, 0.3) is 0 Å². The Morgan fingerprint density at radius 3 is 2.67 bits per heavy atom. The molecule has 1 aliphatic heterocycles. The third-order valence-electron chi connectivity index (χ3n) is 2.72. The quantitative estimate of drug-likeness (QED) is 0.591. The number of carbonyl (C=O) groups excluding carboxylic acids is 2. The van der Waals surface area contributed by atoms with Crippen LogP contribution >= 0.6 is 0 Å². The van der Waals surface area contributed by atoms with Crippen molar-refractivity contribution >= 4 is 11.8 Å². The maximum absolute atomic E-state index is 11.7. The smallest absolute Gasteiger partial charge is 0.239 e. The molecule has 3 atom stereocenters. The van der Waals surface area contributed by atoms with E-state index >= 15 is 0 Å². The lowest BCUT2D eigenvalue weighted by molar-refractivity contribution is -0.128. The van der Waals surface area contributed by atoms with Crippen molar-refractivity contribution in [2.45, 2.75) is 51.2 Å². The van der Waals surface area contributed by atoms with Crippen molar-refractivity contribution in [3.05, 3.63) is 0 Å². The van der Waals surface area contributed by atoms with E-state index in [2.05, 4.69) is 17.6 Å². The molecule has 5 nitrogen and oxygen atoms in total. The highest BCUT2D eigenvalue weighted by atomic mass is 16.2. The SMILES string of the molecule is CC1CCCC(C(=O)NC(C)C(N)=O)N1. The van der Waals surface area contributed by atoms with Gasteiger partial charge in [-0.1, -0.05) is 0 Å². The van der Waals surface area contributed by atoms with Crippen LogP contribution in [0.15, 0.2) is 0 Å². The second-order valence-corrected chi connectivity index (χ2v) is 4.18. The monoisotopic (exact) mass is 213 g/mol. The summed E-state index contributed by atoms with van der Waals surface area (Å²) in [4.78, 5) is 22.4. The number of nitrogens with two attached hydrogens (primary N) is 1. The molecule has 0 bridgehead atoms. The Bertz CT molecular complexity index is 255. The van der Waals surface area contributed by atoms with Crippen LogP contribution in [0.4, 0.5) is 0 Å². The van der Waals surface area contributed by atoms with Crippen LogP contribution < -0.4 is 16.4 Å². The lowest BCUT2D eigenvalue weighted by atomic mass is 9.99.